The SMILES string of the molecule is COc1ccc(-c2nc(C(=O)Nc3cc(S(=O)(=O)N(C)C)ccc3OC)cs2)cc1. The molecule has 0 aliphatic carbocycles. The second-order valence-corrected chi connectivity index (χ2v) is 9.38. The van der Waals surface area contributed by atoms with Crippen LogP contribution >= 0.6 is 11.3 Å². The summed E-state index contributed by atoms with van der Waals surface area (Å²) in [4.78, 5) is 17.1. The molecule has 0 saturated carbocycles. The largest absolute Gasteiger partial charge is 0.497 e. The minimum absolute atomic E-state index is 0.0424. The zero-order valence-electron chi connectivity index (χ0n) is 16.9. The number of methoxy groups -OCH3 is 2. The van der Waals surface area contributed by atoms with Crippen LogP contribution in [0.4, 0.5) is 5.69 Å². The average Bonchev–Trinajstić information content (AvgIpc) is 3.24. The number of amides is 1. The van der Waals surface area contributed by atoms with Crippen molar-refractivity contribution >= 4 is 33.0 Å². The molecule has 0 spiro atoms. The maximum Gasteiger partial charge on any atom is 0.275 e. The van der Waals surface area contributed by atoms with Gasteiger partial charge in [0.05, 0.1) is 24.8 Å². The number of rotatable bonds is 7. The van der Waals surface area contributed by atoms with Crippen molar-refractivity contribution < 1.29 is 22.7 Å². The molecule has 1 heterocycles. The number of anilines is 1. The number of sulfonamides is 1. The van der Waals surface area contributed by atoms with Crippen molar-refractivity contribution in [2.75, 3.05) is 33.6 Å². The van der Waals surface area contributed by atoms with E-state index in [0.29, 0.717) is 10.8 Å². The van der Waals surface area contributed by atoms with Crippen molar-refractivity contribution in [3.8, 4) is 22.1 Å². The van der Waals surface area contributed by atoms with Crippen LogP contribution in [-0.4, -0.2) is 51.9 Å². The van der Waals surface area contributed by atoms with E-state index in [2.05, 4.69) is 10.3 Å². The van der Waals surface area contributed by atoms with E-state index in [9.17, 15) is 13.2 Å². The molecular formula is C20H21N3O5S2. The molecule has 158 valence electrons. The molecule has 0 fully saturated rings. The van der Waals surface area contributed by atoms with Crippen LogP contribution in [0.1, 0.15) is 10.5 Å². The van der Waals surface area contributed by atoms with Gasteiger partial charge in [0.15, 0.2) is 0 Å². The van der Waals surface area contributed by atoms with Gasteiger partial charge in [0.1, 0.15) is 22.2 Å². The van der Waals surface area contributed by atoms with E-state index in [1.807, 2.05) is 24.3 Å². The van der Waals surface area contributed by atoms with Gasteiger partial charge in [-0.1, -0.05) is 0 Å². The number of hydrogen-bond acceptors (Lipinski definition) is 7. The Kier molecular flexibility index (Phi) is 6.40. The average molecular weight is 448 g/mol. The number of nitrogens with zero attached hydrogens (tertiary/aromatic N) is 2. The molecule has 3 rings (SSSR count). The molecule has 0 atom stereocenters. The summed E-state index contributed by atoms with van der Waals surface area (Å²) in [6.07, 6.45) is 0. The molecule has 1 N–H and O–H groups in total. The van der Waals surface area contributed by atoms with E-state index in [4.69, 9.17) is 9.47 Å². The Balaban J connectivity index is 1.86. The Morgan fingerprint density at radius 2 is 1.77 bits per heavy atom. The summed E-state index contributed by atoms with van der Waals surface area (Å²) < 4.78 is 36.3. The molecule has 0 bridgehead atoms. The summed E-state index contributed by atoms with van der Waals surface area (Å²) >= 11 is 1.33. The van der Waals surface area contributed by atoms with Gasteiger partial charge in [-0.05, 0) is 42.5 Å². The minimum atomic E-state index is -3.66. The lowest BCUT2D eigenvalue weighted by atomic mass is 10.2. The van der Waals surface area contributed by atoms with E-state index >= 15 is 0 Å². The zero-order valence-corrected chi connectivity index (χ0v) is 18.5. The van der Waals surface area contributed by atoms with Gasteiger partial charge in [-0.3, -0.25) is 4.79 Å². The normalized spacial score (nSPS) is 11.4. The first kappa shape index (κ1) is 21.8. The highest BCUT2D eigenvalue weighted by molar-refractivity contribution is 7.89. The predicted molar refractivity (Wildman–Crippen MR) is 116 cm³/mol. The maximum absolute atomic E-state index is 12.7. The van der Waals surface area contributed by atoms with E-state index < -0.39 is 15.9 Å². The fourth-order valence-electron chi connectivity index (χ4n) is 2.59. The quantitative estimate of drug-likeness (QED) is 0.597. The van der Waals surface area contributed by atoms with Crippen LogP contribution in [-0.2, 0) is 10.0 Å². The number of nitrogens with one attached hydrogen (secondary N) is 1. The van der Waals surface area contributed by atoms with Gasteiger partial charge in [-0.25, -0.2) is 17.7 Å². The van der Waals surface area contributed by atoms with Crippen LogP contribution in [0.15, 0.2) is 52.7 Å². The van der Waals surface area contributed by atoms with Gasteiger partial charge >= 0.3 is 0 Å². The summed E-state index contributed by atoms with van der Waals surface area (Å²) in [6.45, 7) is 0. The highest BCUT2D eigenvalue weighted by atomic mass is 32.2. The standard InChI is InChI=1S/C20H21N3O5S2/c1-23(2)30(25,26)15-9-10-18(28-4)16(11-15)21-19(24)17-12-29-20(22-17)13-5-7-14(27-3)8-6-13/h5-12H,1-4H3,(H,21,24). The van der Waals surface area contributed by atoms with Crippen molar-refractivity contribution in [3.63, 3.8) is 0 Å². The first-order chi connectivity index (χ1) is 14.3. The lowest BCUT2D eigenvalue weighted by Crippen LogP contribution is -2.22. The van der Waals surface area contributed by atoms with E-state index in [-0.39, 0.29) is 16.3 Å². The number of benzene rings is 2. The lowest BCUT2D eigenvalue weighted by molar-refractivity contribution is 0.102. The summed E-state index contributed by atoms with van der Waals surface area (Å²) in [5.41, 5.74) is 1.31. The van der Waals surface area contributed by atoms with Crippen molar-refractivity contribution in [2.24, 2.45) is 0 Å². The molecule has 0 aliphatic heterocycles. The number of carbonyl (C=O) groups excluding carboxylic acids is 1. The van der Waals surface area contributed by atoms with Crippen LogP contribution in [0.2, 0.25) is 0 Å². The number of hydrogen-bond donors (Lipinski definition) is 1. The van der Waals surface area contributed by atoms with E-state index in [1.54, 1.807) is 12.5 Å². The molecule has 10 heteroatoms. The maximum atomic E-state index is 12.7. The van der Waals surface area contributed by atoms with Gasteiger partial charge in [-0.15, -0.1) is 11.3 Å². The van der Waals surface area contributed by atoms with Crippen molar-refractivity contribution in [1.29, 1.82) is 0 Å². The molecule has 3 aromatic rings. The summed E-state index contributed by atoms with van der Waals surface area (Å²) in [7, 11) is 2.25. The van der Waals surface area contributed by atoms with Gasteiger partial charge in [-0.2, -0.15) is 0 Å². The predicted octanol–water partition coefficient (Wildman–Crippen LogP) is 3.33. The van der Waals surface area contributed by atoms with Crippen molar-refractivity contribution in [2.45, 2.75) is 4.90 Å². The molecule has 2 aromatic carbocycles. The Hall–Kier alpha value is -2.95. The third-order valence-electron chi connectivity index (χ3n) is 4.27. The molecule has 0 radical (unpaired) electrons. The van der Waals surface area contributed by atoms with Crippen molar-refractivity contribution in [3.05, 3.63) is 53.5 Å². The second-order valence-electron chi connectivity index (χ2n) is 6.37. The summed E-state index contributed by atoms with van der Waals surface area (Å²) in [5.74, 6) is 0.600. The van der Waals surface area contributed by atoms with Crippen molar-refractivity contribution in [1.82, 2.24) is 9.29 Å². The molecule has 0 unspecified atom stereocenters. The molecule has 8 nitrogen and oxygen atoms in total. The summed E-state index contributed by atoms with van der Waals surface area (Å²) in [5, 5.41) is 5.01. The first-order valence-electron chi connectivity index (χ1n) is 8.78. The van der Waals surface area contributed by atoms with Crippen LogP contribution in [0.3, 0.4) is 0 Å². The molecule has 0 saturated heterocycles. The smallest absolute Gasteiger partial charge is 0.275 e. The number of aromatic nitrogens is 1. The van der Waals surface area contributed by atoms with Crippen LogP contribution < -0.4 is 14.8 Å². The van der Waals surface area contributed by atoms with Crippen LogP contribution in [0, 0.1) is 0 Å². The topological polar surface area (TPSA) is 97.8 Å². The molecule has 30 heavy (non-hydrogen) atoms. The third kappa shape index (κ3) is 4.45. The zero-order chi connectivity index (χ0) is 21.9. The third-order valence-corrected chi connectivity index (χ3v) is 6.97. The number of carbonyl (C=O) groups is 1. The number of thiazole rings is 1. The fourth-order valence-corrected chi connectivity index (χ4v) is 4.32. The van der Waals surface area contributed by atoms with Gasteiger partial charge in [0.2, 0.25) is 10.0 Å². The van der Waals surface area contributed by atoms with E-state index in [1.165, 1.54) is 50.7 Å². The Morgan fingerprint density at radius 1 is 1.07 bits per heavy atom. The van der Waals surface area contributed by atoms with Gasteiger partial charge in [0, 0.05) is 25.0 Å². The highest BCUT2D eigenvalue weighted by Gasteiger charge is 2.21. The molecule has 0 aliphatic rings. The van der Waals surface area contributed by atoms with Crippen LogP contribution in [0.25, 0.3) is 10.6 Å². The molecule has 1 amide bonds. The first-order valence-corrected chi connectivity index (χ1v) is 11.1. The fraction of sp³-hybridized carbons (Fsp3) is 0.200. The molecular weight excluding hydrogens is 426 g/mol. The number of ether oxygens (including phenoxy) is 2. The van der Waals surface area contributed by atoms with E-state index in [0.717, 1.165) is 15.6 Å². The monoisotopic (exact) mass is 447 g/mol. The van der Waals surface area contributed by atoms with Gasteiger partial charge < -0.3 is 14.8 Å². The Morgan fingerprint density at radius 3 is 2.37 bits per heavy atom. The lowest BCUT2D eigenvalue weighted by Gasteiger charge is -2.14. The minimum Gasteiger partial charge on any atom is -0.497 e. The Labute approximate surface area is 179 Å². The van der Waals surface area contributed by atoms with Gasteiger partial charge in [0.25, 0.3) is 5.91 Å². The summed E-state index contributed by atoms with van der Waals surface area (Å²) in [6, 6.07) is 11.6. The second kappa shape index (κ2) is 8.82. The highest BCUT2D eigenvalue weighted by Crippen LogP contribution is 2.30. The Bertz CT molecular complexity index is 1160. The van der Waals surface area contributed by atoms with Crippen LogP contribution in [0.5, 0.6) is 11.5 Å². The molecule has 1 aromatic heterocycles.